The van der Waals surface area contributed by atoms with Crippen LogP contribution in [-0.4, -0.2) is 47.5 Å². The van der Waals surface area contributed by atoms with Crippen LogP contribution in [0.2, 0.25) is 0 Å². The number of pyridine rings is 1. The maximum atomic E-state index is 11.9. The van der Waals surface area contributed by atoms with Crippen molar-refractivity contribution in [1.29, 1.82) is 0 Å². The number of hydrogen-bond acceptors (Lipinski definition) is 7. The first-order valence-electron chi connectivity index (χ1n) is 15.1. The summed E-state index contributed by atoms with van der Waals surface area (Å²) in [5.41, 5.74) is 9.53. The van der Waals surface area contributed by atoms with Crippen LogP contribution in [0.25, 0.3) is 33.3 Å². The fraction of sp³-hybridized carbons (Fsp3) is 0.306. The lowest BCUT2D eigenvalue weighted by Gasteiger charge is -2.33. The van der Waals surface area contributed by atoms with Gasteiger partial charge in [0.1, 0.15) is 5.76 Å². The highest BCUT2D eigenvalue weighted by Crippen LogP contribution is 2.39. The summed E-state index contributed by atoms with van der Waals surface area (Å²) in [7, 11) is 1.79. The molecule has 8 heteroatoms. The molecule has 0 spiro atoms. The number of fused-ring (bicyclic) bond motifs is 1. The number of ether oxygens (including phenoxy) is 1. The van der Waals surface area contributed by atoms with Crippen LogP contribution in [0.15, 0.2) is 71.3 Å². The Kier molecular flexibility index (Phi) is 8.10. The molecule has 0 aliphatic carbocycles. The summed E-state index contributed by atoms with van der Waals surface area (Å²) in [5, 5.41) is 18.4. The highest BCUT2D eigenvalue weighted by atomic mass is 16.5. The summed E-state index contributed by atoms with van der Waals surface area (Å²) >= 11 is 0. The monoisotopic (exact) mass is 590 g/mol. The van der Waals surface area contributed by atoms with Crippen molar-refractivity contribution in [3.63, 3.8) is 0 Å². The molecule has 1 aliphatic heterocycles. The third-order valence-corrected chi connectivity index (χ3v) is 8.70. The van der Waals surface area contributed by atoms with Crippen LogP contribution >= 0.6 is 0 Å². The van der Waals surface area contributed by atoms with Gasteiger partial charge in [0, 0.05) is 48.6 Å². The molecule has 2 aromatic heterocycles. The Balaban J connectivity index is 1.46. The van der Waals surface area contributed by atoms with Gasteiger partial charge in [-0.15, -0.1) is 0 Å². The summed E-state index contributed by atoms with van der Waals surface area (Å²) in [6, 6.07) is 22.0. The number of nitrogens with one attached hydrogen (secondary N) is 1. The summed E-state index contributed by atoms with van der Waals surface area (Å²) < 4.78 is 11.1. The topological polar surface area (TPSA) is 101 Å². The Hall–Kier alpha value is -4.69. The highest BCUT2D eigenvalue weighted by molar-refractivity contribution is 5.96. The Morgan fingerprint density at radius 2 is 1.77 bits per heavy atom. The van der Waals surface area contributed by atoms with Gasteiger partial charge in [-0.1, -0.05) is 35.5 Å². The third kappa shape index (κ3) is 5.65. The molecule has 3 heterocycles. The second-order valence-electron chi connectivity index (χ2n) is 11.7. The Morgan fingerprint density at radius 1 is 1.05 bits per heavy atom. The van der Waals surface area contributed by atoms with Gasteiger partial charge in [0.2, 0.25) is 0 Å². The Bertz CT molecular complexity index is 1800. The fourth-order valence-corrected chi connectivity index (χ4v) is 6.35. The fourth-order valence-electron chi connectivity index (χ4n) is 6.35. The molecule has 226 valence electrons. The molecule has 1 saturated heterocycles. The number of carboxylic acid groups (broad SMARTS) is 1. The number of carboxylic acids is 1. The predicted octanol–water partition coefficient (Wildman–Crippen LogP) is 7.97. The molecule has 8 nitrogen and oxygen atoms in total. The van der Waals surface area contributed by atoms with Crippen molar-refractivity contribution in [3.05, 3.63) is 94.9 Å². The van der Waals surface area contributed by atoms with E-state index in [9.17, 15) is 9.90 Å². The Morgan fingerprint density at radius 3 is 2.43 bits per heavy atom. The number of aromatic nitrogens is 2. The molecule has 1 aliphatic rings. The number of carbonyl (C=O) groups is 1. The molecule has 3 aromatic carbocycles. The van der Waals surface area contributed by atoms with Crippen LogP contribution < -0.4 is 10.2 Å². The zero-order chi connectivity index (χ0) is 31.0. The van der Waals surface area contributed by atoms with E-state index in [1.54, 1.807) is 25.3 Å². The molecular formula is C36H38N4O4. The van der Waals surface area contributed by atoms with Gasteiger partial charge in [-0.3, -0.25) is 0 Å². The van der Waals surface area contributed by atoms with Gasteiger partial charge in [-0.25, -0.2) is 9.78 Å². The molecular weight excluding hydrogens is 552 g/mol. The normalized spacial score (nSPS) is 14.6. The molecule has 6 rings (SSSR count). The number of benzene rings is 3. The van der Waals surface area contributed by atoms with Crippen molar-refractivity contribution in [2.75, 3.05) is 30.4 Å². The van der Waals surface area contributed by atoms with Gasteiger partial charge in [0.15, 0.2) is 0 Å². The second kappa shape index (κ2) is 12.1. The summed E-state index contributed by atoms with van der Waals surface area (Å²) in [6.45, 7) is 9.92. The van der Waals surface area contributed by atoms with Crippen LogP contribution in [0.5, 0.6) is 0 Å². The first-order valence-corrected chi connectivity index (χ1v) is 15.1. The largest absolute Gasteiger partial charge is 0.478 e. The van der Waals surface area contributed by atoms with E-state index in [0.29, 0.717) is 11.8 Å². The van der Waals surface area contributed by atoms with Crippen LogP contribution in [0, 0.1) is 20.8 Å². The van der Waals surface area contributed by atoms with Crippen LogP contribution in [0.1, 0.15) is 58.7 Å². The molecule has 0 unspecified atom stereocenters. The van der Waals surface area contributed by atoms with Gasteiger partial charge >= 0.3 is 5.97 Å². The average molecular weight is 591 g/mol. The average Bonchev–Trinajstić information content (AvgIpc) is 3.37. The lowest BCUT2D eigenvalue weighted by atomic mass is 9.92. The van der Waals surface area contributed by atoms with Crippen molar-refractivity contribution in [1.82, 2.24) is 10.1 Å². The van der Waals surface area contributed by atoms with E-state index in [1.165, 1.54) is 5.69 Å². The minimum atomic E-state index is -0.964. The lowest BCUT2D eigenvalue weighted by molar-refractivity contribution is 0.0697. The van der Waals surface area contributed by atoms with E-state index in [1.807, 2.05) is 19.9 Å². The maximum absolute atomic E-state index is 11.9. The van der Waals surface area contributed by atoms with E-state index in [-0.39, 0.29) is 11.6 Å². The molecule has 0 amide bonds. The number of para-hydroxylation sites is 1. The number of nitrogens with zero attached hydrogens (tertiary/aromatic N) is 3. The first-order chi connectivity index (χ1) is 21.2. The Labute approximate surface area is 257 Å². The molecule has 0 radical (unpaired) electrons. The summed E-state index contributed by atoms with van der Waals surface area (Å²) in [4.78, 5) is 19.6. The summed E-state index contributed by atoms with van der Waals surface area (Å²) in [5.74, 6) is -0.240. The number of hydrogen-bond donors (Lipinski definition) is 2. The summed E-state index contributed by atoms with van der Waals surface area (Å²) in [6.07, 6.45) is 2.38. The van der Waals surface area contributed by atoms with Crippen LogP contribution in [-0.2, 0) is 4.74 Å². The molecule has 5 aromatic rings. The predicted molar refractivity (Wildman–Crippen MR) is 175 cm³/mol. The zero-order valence-corrected chi connectivity index (χ0v) is 25.8. The number of methoxy groups -OCH3 is 1. The smallest absolute Gasteiger partial charge is 0.337 e. The van der Waals surface area contributed by atoms with Crippen molar-refractivity contribution in [2.45, 2.75) is 52.7 Å². The van der Waals surface area contributed by atoms with Crippen LogP contribution in [0.3, 0.4) is 0 Å². The van der Waals surface area contributed by atoms with Gasteiger partial charge in [0.05, 0.1) is 34.1 Å². The highest BCUT2D eigenvalue weighted by Gasteiger charge is 2.23. The maximum Gasteiger partial charge on any atom is 0.337 e. The van der Waals surface area contributed by atoms with Gasteiger partial charge < -0.3 is 24.6 Å². The minimum absolute atomic E-state index is 0.185. The van der Waals surface area contributed by atoms with Crippen molar-refractivity contribution < 1.29 is 19.2 Å². The first kappa shape index (κ1) is 29.4. The van der Waals surface area contributed by atoms with E-state index >= 15 is 0 Å². The molecule has 2 N–H and O–H groups in total. The minimum Gasteiger partial charge on any atom is -0.478 e. The third-order valence-electron chi connectivity index (χ3n) is 8.70. The second-order valence-corrected chi connectivity index (χ2v) is 11.7. The van der Waals surface area contributed by atoms with Gasteiger partial charge in [-0.2, -0.15) is 0 Å². The zero-order valence-electron chi connectivity index (χ0n) is 25.8. The van der Waals surface area contributed by atoms with Gasteiger partial charge in [0.25, 0.3) is 0 Å². The molecule has 0 saturated carbocycles. The van der Waals surface area contributed by atoms with E-state index in [4.69, 9.17) is 14.2 Å². The number of piperidine rings is 1. The number of anilines is 2. The van der Waals surface area contributed by atoms with E-state index in [2.05, 4.69) is 71.7 Å². The molecule has 0 bridgehead atoms. The quantitative estimate of drug-likeness (QED) is 0.188. The van der Waals surface area contributed by atoms with Crippen molar-refractivity contribution in [3.8, 4) is 22.4 Å². The number of aryl methyl sites for hydroxylation is 3. The number of aromatic carboxylic acids is 1. The van der Waals surface area contributed by atoms with Crippen molar-refractivity contribution in [2.24, 2.45) is 0 Å². The van der Waals surface area contributed by atoms with Crippen LogP contribution in [0.4, 0.5) is 11.4 Å². The lowest BCUT2D eigenvalue weighted by Crippen LogP contribution is -2.36. The van der Waals surface area contributed by atoms with E-state index < -0.39 is 5.97 Å². The van der Waals surface area contributed by atoms with E-state index in [0.717, 1.165) is 81.8 Å². The SMILES string of the molecule is COC1CCN(c2ccc(-c3cc4c([C@H](C)Nc5ccccc5C(=O)O)cc(C)cc4nc3-c3c(C)noc3C)cc2)CC1. The number of rotatable bonds is 8. The molecule has 1 atom stereocenters. The molecule has 44 heavy (non-hydrogen) atoms. The van der Waals surface area contributed by atoms with Crippen molar-refractivity contribution >= 4 is 28.2 Å². The molecule has 1 fully saturated rings. The van der Waals surface area contributed by atoms with Gasteiger partial charge in [-0.05, 0) is 93.6 Å². The standard InChI is InChI=1S/C36H38N4O4/c1-21-18-29(22(2)37-32-9-7-6-8-28(32)36(41)42)31-20-30(35(38-33(31)19-21)34-23(3)39-44-24(34)4)25-10-12-26(13-11-25)40-16-14-27(43-5)15-17-40/h6-13,18-20,22,27,37H,14-17H2,1-5H3,(H,41,42)/t22-/m0/s1.